The second-order valence-corrected chi connectivity index (χ2v) is 4.39. The van der Waals surface area contributed by atoms with Gasteiger partial charge in [-0.15, -0.1) is 0 Å². The molecule has 0 saturated carbocycles. The van der Waals surface area contributed by atoms with E-state index in [4.69, 9.17) is 4.74 Å². The lowest BCUT2D eigenvalue weighted by Crippen LogP contribution is -2.21. The Labute approximate surface area is 109 Å². The highest BCUT2D eigenvalue weighted by Gasteiger charge is 2.31. The summed E-state index contributed by atoms with van der Waals surface area (Å²) in [7, 11) is 0. The molecule has 1 aliphatic heterocycles. The number of hydrogen-bond acceptors (Lipinski definition) is 5. The highest BCUT2D eigenvalue weighted by Crippen LogP contribution is 2.45. The molecular formula is C14H11NO4. The van der Waals surface area contributed by atoms with Crippen LogP contribution < -0.4 is 4.74 Å². The Bertz CT molecular complexity index is 639. The molecule has 0 bridgehead atoms. The molecule has 1 aromatic carbocycles. The van der Waals surface area contributed by atoms with Gasteiger partial charge in [0, 0.05) is 36.0 Å². The first-order valence-corrected chi connectivity index (χ1v) is 5.81. The number of phenolic OH excluding ortho intramolecular Hbond substituents is 2. The molecule has 1 aliphatic rings. The summed E-state index contributed by atoms with van der Waals surface area (Å²) in [6, 6.07) is 6.18. The van der Waals surface area contributed by atoms with Crippen LogP contribution in [0, 0.1) is 0 Å². The van der Waals surface area contributed by atoms with E-state index in [2.05, 4.69) is 4.98 Å². The van der Waals surface area contributed by atoms with Crippen molar-refractivity contribution in [2.24, 2.45) is 0 Å². The van der Waals surface area contributed by atoms with Gasteiger partial charge in [-0.1, -0.05) is 6.07 Å². The van der Waals surface area contributed by atoms with Crippen molar-refractivity contribution in [3.8, 4) is 17.2 Å². The number of pyridine rings is 1. The predicted molar refractivity (Wildman–Crippen MR) is 66.1 cm³/mol. The molecule has 2 aromatic rings. The molecule has 2 heterocycles. The Morgan fingerprint density at radius 1 is 1.32 bits per heavy atom. The van der Waals surface area contributed by atoms with E-state index in [1.165, 1.54) is 12.1 Å². The number of hydrogen-bond donors (Lipinski definition) is 2. The molecule has 0 radical (unpaired) electrons. The van der Waals surface area contributed by atoms with Crippen LogP contribution in [0.15, 0.2) is 36.7 Å². The topological polar surface area (TPSA) is 79.7 Å². The third kappa shape index (κ3) is 1.99. The molecule has 2 N–H and O–H groups in total. The van der Waals surface area contributed by atoms with Gasteiger partial charge in [-0.2, -0.15) is 0 Å². The van der Waals surface area contributed by atoms with Gasteiger partial charge in [0.25, 0.3) is 0 Å². The molecule has 1 aromatic heterocycles. The second-order valence-electron chi connectivity index (χ2n) is 4.39. The van der Waals surface area contributed by atoms with Gasteiger partial charge < -0.3 is 14.9 Å². The van der Waals surface area contributed by atoms with E-state index < -0.39 is 5.97 Å². The smallest absolute Gasteiger partial charge is 0.312 e. The highest BCUT2D eigenvalue weighted by molar-refractivity contribution is 5.79. The van der Waals surface area contributed by atoms with Gasteiger partial charge in [0.15, 0.2) is 0 Å². The molecule has 96 valence electrons. The molecule has 5 nitrogen and oxygen atoms in total. The van der Waals surface area contributed by atoms with Crippen molar-refractivity contribution in [1.82, 2.24) is 4.98 Å². The molecule has 0 fully saturated rings. The summed E-state index contributed by atoms with van der Waals surface area (Å²) in [5, 5.41) is 19.4. The first kappa shape index (κ1) is 11.5. The van der Waals surface area contributed by atoms with Gasteiger partial charge in [0.05, 0.1) is 6.42 Å². The number of phenols is 2. The van der Waals surface area contributed by atoms with Crippen molar-refractivity contribution in [1.29, 1.82) is 0 Å². The van der Waals surface area contributed by atoms with Crippen molar-refractivity contribution in [3.63, 3.8) is 0 Å². The number of aromatic hydroxyl groups is 2. The van der Waals surface area contributed by atoms with E-state index in [0.29, 0.717) is 5.56 Å². The summed E-state index contributed by atoms with van der Waals surface area (Å²) < 4.78 is 5.07. The molecule has 0 amide bonds. The molecule has 0 saturated heterocycles. The molecule has 1 atom stereocenters. The quantitative estimate of drug-likeness (QED) is 0.602. The number of benzene rings is 1. The average molecular weight is 257 g/mol. The Morgan fingerprint density at radius 3 is 2.89 bits per heavy atom. The van der Waals surface area contributed by atoms with Gasteiger partial charge in [-0.25, -0.2) is 0 Å². The van der Waals surface area contributed by atoms with Crippen LogP contribution in [-0.4, -0.2) is 21.2 Å². The van der Waals surface area contributed by atoms with Gasteiger partial charge in [0.2, 0.25) is 0 Å². The van der Waals surface area contributed by atoms with E-state index in [9.17, 15) is 15.0 Å². The number of carbonyl (C=O) groups is 1. The lowest BCUT2D eigenvalue weighted by molar-refractivity contribution is -0.135. The maximum absolute atomic E-state index is 11.6. The van der Waals surface area contributed by atoms with Crippen molar-refractivity contribution in [3.05, 3.63) is 47.8 Å². The molecule has 1 unspecified atom stereocenters. The molecule has 0 spiro atoms. The summed E-state index contributed by atoms with van der Waals surface area (Å²) in [5.74, 6) is -0.744. The molecule has 0 aliphatic carbocycles. The van der Waals surface area contributed by atoms with Crippen molar-refractivity contribution in [2.45, 2.75) is 12.3 Å². The second kappa shape index (κ2) is 4.28. The lowest BCUT2D eigenvalue weighted by atomic mass is 9.86. The largest absolute Gasteiger partial charge is 0.508 e. The first-order chi connectivity index (χ1) is 9.15. The summed E-state index contributed by atoms with van der Waals surface area (Å²) in [6.45, 7) is 0. The lowest BCUT2D eigenvalue weighted by Gasteiger charge is -2.25. The predicted octanol–water partition coefficient (Wildman–Crippen LogP) is 1.93. The number of esters is 1. The summed E-state index contributed by atoms with van der Waals surface area (Å²) in [5.41, 5.74) is 1.33. The normalized spacial score (nSPS) is 17.7. The van der Waals surface area contributed by atoms with Gasteiger partial charge >= 0.3 is 5.97 Å². The van der Waals surface area contributed by atoms with Crippen molar-refractivity contribution < 1.29 is 19.7 Å². The fourth-order valence-electron chi connectivity index (χ4n) is 2.33. The fourth-order valence-corrected chi connectivity index (χ4v) is 2.33. The zero-order valence-corrected chi connectivity index (χ0v) is 9.91. The Balaban J connectivity index is 2.17. The monoisotopic (exact) mass is 257 g/mol. The van der Waals surface area contributed by atoms with Crippen LogP contribution in [-0.2, 0) is 4.79 Å². The van der Waals surface area contributed by atoms with Crippen molar-refractivity contribution >= 4 is 5.97 Å². The highest BCUT2D eigenvalue weighted by atomic mass is 16.5. The number of carbonyl (C=O) groups excluding carboxylic acids is 1. The Hall–Kier alpha value is -2.56. The van der Waals surface area contributed by atoms with Crippen LogP contribution in [0.25, 0.3) is 0 Å². The standard InChI is InChI=1S/C14H11NO4/c16-9-4-11(17)14-10(8-2-1-3-15-7-8)6-13(18)19-12(14)5-9/h1-5,7,10,16-17H,6H2. The number of rotatable bonds is 1. The zero-order chi connectivity index (χ0) is 13.4. The van der Waals surface area contributed by atoms with Gasteiger partial charge in [-0.3, -0.25) is 9.78 Å². The molecule has 3 rings (SSSR count). The summed E-state index contributed by atoms with van der Waals surface area (Å²) in [6.07, 6.45) is 3.43. The molecule has 19 heavy (non-hydrogen) atoms. The number of ether oxygens (including phenoxy) is 1. The van der Waals surface area contributed by atoms with Crippen LogP contribution in [0.2, 0.25) is 0 Å². The zero-order valence-electron chi connectivity index (χ0n) is 9.91. The fraction of sp³-hybridized carbons (Fsp3) is 0.143. The van der Waals surface area contributed by atoms with Gasteiger partial charge in [-0.05, 0) is 11.6 Å². The molecule has 5 heteroatoms. The SMILES string of the molecule is O=C1CC(c2cccnc2)c2c(O)cc(O)cc2O1. The minimum absolute atomic E-state index is 0.0867. The summed E-state index contributed by atoms with van der Waals surface area (Å²) >= 11 is 0. The third-order valence-corrected chi connectivity index (χ3v) is 3.13. The minimum atomic E-state index is -0.397. The Morgan fingerprint density at radius 2 is 2.16 bits per heavy atom. The van der Waals surface area contributed by atoms with Crippen LogP contribution in [0.1, 0.15) is 23.5 Å². The Kier molecular flexibility index (Phi) is 2.59. The summed E-state index contributed by atoms with van der Waals surface area (Å²) in [4.78, 5) is 15.6. The average Bonchev–Trinajstić information content (AvgIpc) is 2.38. The third-order valence-electron chi connectivity index (χ3n) is 3.13. The van der Waals surface area contributed by atoms with E-state index in [1.54, 1.807) is 18.5 Å². The minimum Gasteiger partial charge on any atom is -0.508 e. The maximum Gasteiger partial charge on any atom is 0.312 e. The van der Waals surface area contributed by atoms with Crippen LogP contribution >= 0.6 is 0 Å². The maximum atomic E-state index is 11.6. The van der Waals surface area contributed by atoms with Crippen LogP contribution in [0.3, 0.4) is 0 Å². The van der Waals surface area contributed by atoms with E-state index in [0.717, 1.165) is 5.56 Å². The first-order valence-electron chi connectivity index (χ1n) is 5.81. The van der Waals surface area contributed by atoms with Crippen LogP contribution in [0.5, 0.6) is 17.2 Å². The number of aromatic nitrogens is 1. The number of fused-ring (bicyclic) bond motifs is 1. The number of nitrogens with zero attached hydrogens (tertiary/aromatic N) is 1. The molecular weight excluding hydrogens is 246 g/mol. The van der Waals surface area contributed by atoms with E-state index >= 15 is 0 Å². The van der Waals surface area contributed by atoms with E-state index in [-0.39, 0.29) is 29.6 Å². The van der Waals surface area contributed by atoms with Crippen LogP contribution in [0.4, 0.5) is 0 Å². The van der Waals surface area contributed by atoms with Gasteiger partial charge in [0.1, 0.15) is 17.2 Å². The van der Waals surface area contributed by atoms with Crippen molar-refractivity contribution in [2.75, 3.05) is 0 Å². The van der Waals surface area contributed by atoms with E-state index in [1.807, 2.05) is 6.07 Å².